The molecule has 4 nitrogen and oxygen atoms in total. The number of rotatable bonds is 1. The minimum Gasteiger partial charge on any atom is -0.461 e. The molecule has 1 heterocycles. The van der Waals surface area contributed by atoms with Crippen LogP contribution in [-0.4, -0.2) is 32.0 Å². The van der Waals surface area contributed by atoms with Crippen molar-refractivity contribution in [1.82, 2.24) is 0 Å². The number of carbonyl (C=O) groups is 1. The van der Waals surface area contributed by atoms with E-state index in [0.717, 1.165) is 0 Å². The van der Waals surface area contributed by atoms with E-state index in [0.29, 0.717) is 6.42 Å². The van der Waals surface area contributed by atoms with Gasteiger partial charge in [0.2, 0.25) is 0 Å². The van der Waals surface area contributed by atoms with Crippen molar-refractivity contribution in [3.8, 4) is 0 Å². The van der Waals surface area contributed by atoms with Crippen molar-refractivity contribution in [1.29, 1.82) is 0 Å². The molecular weight excluding hydrogens is 168 g/mol. The second kappa shape index (κ2) is 2.81. The maximum Gasteiger partial charge on any atom is 0.302 e. The summed E-state index contributed by atoms with van der Waals surface area (Å²) in [6, 6.07) is 0. The first-order valence-corrected chi connectivity index (χ1v) is 5.19. The zero-order valence-corrected chi connectivity index (χ0v) is 7.06. The van der Waals surface area contributed by atoms with Crippen LogP contribution in [0.3, 0.4) is 0 Å². The van der Waals surface area contributed by atoms with Crippen LogP contribution in [0, 0.1) is 0 Å². The molecule has 0 aromatic heterocycles. The second-order valence-electron chi connectivity index (χ2n) is 2.63. The number of hydrogen-bond donors (Lipinski definition) is 0. The van der Waals surface area contributed by atoms with E-state index < -0.39 is 21.9 Å². The first-order valence-electron chi connectivity index (χ1n) is 3.37. The number of esters is 1. The Bertz CT molecular complexity index is 254. The summed E-state index contributed by atoms with van der Waals surface area (Å²) in [4.78, 5) is 10.4. The normalized spacial score (nSPS) is 28.3. The predicted octanol–water partition coefficient (Wildman–Crippen LogP) is -0.263. The highest BCUT2D eigenvalue weighted by atomic mass is 32.2. The lowest BCUT2D eigenvalue weighted by Gasteiger charge is -2.06. The average Bonchev–Trinajstić information content (AvgIpc) is 2.08. The highest BCUT2D eigenvalue weighted by Gasteiger charge is 2.29. The molecule has 0 unspecified atom stereocenters. The Morgan fingerprint density at radius 2 is 2.18 bits per heavy atom. The van der Waals surface area contributed by atoms with Crippen molar-refractivity contribution in [2.24, 2.45) is 0 Å². The van der Waals surface area contributed by atoms with Gasteiger partial charge in [-0.15, -0.1) is 0 Å². The summed E-state index contributed by atoms with van der Waals surface area (Å²) >= 11 is 0. The van der Waals surface area contributed by atoms with E-state index in [-0.39, 0.29) is 11.5 Å². The summed E-state index contributed by atoms with van der Waals surface area (Å²) in [6.07, 6.45) is 0.0412. The van der Waals surface area contributed by atoms with Gasteiger partial charge in [-0.2, -0.15) is 0 Å². The lowest BCUT2D eigenvalue weighted by atomic mass is 10.3. The van der Waals surface area contributed by atoms with Gasteiger partial charge in [-0.1, -0.05) is 0 Å². The smallest absolute Gasteiger partial charge is 0.302 e. The molecule has 0 N–H and O–H groups in total. The predicted molar refractivity (Wildman–Crippen MR) is 38.8 cm³/mol. The quantitative estimate of drug-likeness (QED) is 0.519. The van der Waals surface area contributed by atoms with Crippen LogP contribution < -0.4 is 0 Å². The van der Waals surface area contributed by atoms with Gasteiger partial charge in [-0.05, 0) is 6.42 Å². The van der Waals surface area contributed by atoms with Crippen molar-refractivity contribution >= 4 is 15.8 Å². The van der Waals surface area contributed by atoms with Crippen molar-refractivity contribution in [2.45, 2.75) is 19.4 Å². The Kier molecular flexibility index (Phi) is 2.17. The second-order valence-corrected chi connectivity index (χ2v) is 4.86. The number of ether oxygens (including phenoxy) is 1. The number of carbonyl (C=O) groups excluding carboxylic acids is 1. The Labute approximate surface area is 65.5 Å². The summed E-state index contributed by atoms with van der Waals surface area (Å²) in [5, 5.41) is 0. The molecule has 0 aromatic rings. The average molecular weight is 178 g/mol. The summed E-state index contributed by atoms with van der Waals surface area (Å²) < 4.78 is 26.4. The summed E-state index contributed by atoms with van der Waals surface area (Å²) in [5.74, 6) is -0.274. The largest absolute Gasteiger partial charge is 0.461 e. The molecule has 1 atom stereocenters. The Morgan fingerprint density at radius 3 is 2.55 bits per heavy atom. The van der Waals surface area contributed by atoms with Crippen LogP contribution in [0.2, 0.25) is 0 Å². The zero-order chi connectivity index (χ0) is 8.48. The fourth-order valence-electron chi connectivity index (χ4n) is 1.09. The molecule has 1 saturated heterocycles. The topological polar surface area (TPSA) is 60.4 Å². The molecular formula is C6H10O4S. The zero-order valence-electron chi connectivity index (χ0n) is 6.24. The highest BCUT2D eigenvalue weighted by Crippen LogP contribution is 2.14. The molecule has 0 saturated carbocycles. The molecule has 1 rings (SSSR count). The van der Waals surface area contributed by atoms with Crippen molar-refractivity contribution in [3.05, 3.63) is 0 Å². The maximum absolute atomic E-state index is 10.8. The van der Waals surface area contributed by atoms with E-state index in [4.69, 9.17) is 4.74 Å². The van der Waals surface area contributed by atoms with Crippen molar-refractivity contribution < 1.29 is 17.9 Å². The lowest BCUT2D eigenvalue weighted by molar-refractivity contribution is -0.145. The van der Waals surface area contributed by atoms with Gasteiger partial charge in [-0.25, -0.2) is 8.42 Å². The number of sulfone groups is 1. The summed E-state index contributed by atoms with van der Waals surface area (Å²) in [7, 11) is -2.92. The Hall–Kier alpha value is -0.580. The van der Waals surface area contributed by atoms with E-state index >= 15 is 0 Å². The van der Waals surface area contributed by atoms with E-state index in [1.807, 2.05) is 0 Å². The molecule has 1 aliphatic rings. The van der Waals surface area contributed by atoms with E-state index in [9.17, 15) is 13.2 Å². The van der Waals surface area contributed by atoms with Crippen LogP contribution in [0.15, 0.2) is 0 Å². The van der Waals surface area contributed by atoms with Gasteiger partial charge in [0.1, 0.15) is 6.10 Å². The summed E-state index contributed by atoms with van der Waals surface area (Å²) in [5.41, 5.74) is 0. The maximum atomic E-state index is 10.8. The molecule has 0 spiro atoms. The monoisotopic (exact) mass is 178 g/mol. The molecule has 1 aliphatic heterocycles. The highest BCUT2D eigenvalue weighted by molar-refractivity contribution is 7.91. The molecule has 0 aliphatic carbocycles. The molecule has 0 amide bonds. The van der Waals surface area contributed by atoms with Crippen LogP contribution in [0.4, 0.5) is 0 Å². The minimum atomic E-state index is -2.92. The fraction of sp³-hybridized carbons (Fsp3) is 0.833. The van der Waals surface area contributed by atoms with Gasteiger partial charge in [0, 0.05) is 6.92 Å². The first kappa shape index (κ1) is 8.52. The van der Waals surface area contributed by atoms with Gasteiger partial charge in [0.25, 0.3) is 0 Å². The van der Waals surface area contributed by atoms with E-state index in [1.54, 1.807) is 0 Å². The van der Waals surface area contributed by atoms with Crippen LogP contribution in [-0.2, 0) is 19.4 Å². The molecule has 1 fully saturated rings. The van der Waals surface area contributed by atoms with Gasteiger partial charge in [0.05, 0.1) is 11.5 Å². The molecule has 11 heavy (non-hydrogen) atoms. The lowest BCUT2D eigenvalue weighted by Crippen LogP contribution is -2.17. The molecule has 0 bridgehead atoms. The molecule has 0 radical (unpaired) electrons. The van der Waals surface area contributed by atoms with Gasteiger partial charge in [0.15, 0.2) is 9.84 Å². The standard InChI is InChI=1S/C6H10O4S/c1-5(7)10-6-2-3-11(8,9)4-6/h6H,2-4H2,1H3/t6-/m1/s1. The van der Waals surface area contributed by atoms with Crippen molar-refractivity contribution in [2.75, 3.05) is 11.5 Å². The third-order valence-electron chi connectivity index (χ3n) is 1.52. The van der Waals surface area contributed by atoms with Gasteiger partial charge in [-0.3, -0.25) is 4.79 Å². The van der Waals surface area contributed by atoms with Crippen LogP contribution >= 0.6 is 0 Å². The van der Waals surface area contributed by atoms with Crippen molar-refractivity contribution in [3.63, 3.8) is 0 Å². The first-order chi connectivity index (χ1) is 4.99. The van der Waals surface area contributed by atoms with Crippen LogP contribution in [0.5, 0.6) is 0 Å². The third kappa shape index (κ3) is 2.49. The Morgan fingerprint density at radius 1 is 1.55 bits per heavy atom. The fourth-order valence-corrected chi connectivity index (χ4v) is 2.68. The molecule has 5 heteroatoms. The molecule has 0 aromatic carbocycles. The van der Waals surface area contributed by atoms with Crippen LogP contribution in [0.1, 0.15) is 13.3 Å². The minimum absolute atomic E-state index is 0.00736. The summed E-state index contributed by atoms with van der Waals surface area (Å²) in [6.45, 7) is 1.28. The van der Waals surface area contributed by atoms with E-state index in [2.05, 4.69) is 0 Å². The SMILES string of the molecule is CC(=O)O[C@@H]1CCS(=O)(=O)C1. The molecule has 64 valence electrons. The van der Waals surface area contributed by atoms with Gasteiger partial charge >= 0.3 is 5.97 Å². The van der Waals surface area contributed by atoms with Crippen LogP contribution in [0.25, 0.3) is 0 Å². The third-order valence-corrected chi connectivity index (χ3v) is 3.26. The van der Waals surface area contributed by atoms with Gasteiger partial charge < -0.3 is 4.74 Å². The Balaban J connectivity index is 2.49. The van der Waals surface area contributed by atoms with E-state index in [1.165, 1.54) is 6.92 Å². The number of hydrogen-bond acceptors (Lipinski definition) is 4.